The Labute approximate surface area is 127 Å². The fraction of sp³-hybridized carbons (Fsp3) is 0.611. The molecule has 0 aromatic heterocycles. The van der Waals surface area contributed by atoms with Crippen LogP contribution in [0.2, 0.25) is 0 Å². The zero-order valence-electron chi connectivity index (χ0n) is 13.2. The van der Waals surface area contributed by atoms with Crippen LogP contribution in [0.25, 0.3) is 0 Å². The number of aryl methyl sites for hydroxylation is 2. The number of piperidine rings is 1. The second kappa shape index (κ2) is 5.70. The van der Waals surface area contributed by atoms with Gasteiger partial charge in [0, 0.05) is 24.3 Å². The Kier molecular flexibility index (Phi) is 3.92. The van der Waals surface area contributed by atoms with E-state index in [9.17, 15) is 4.79 Å². The number of nitrogen functional groups attached to an aromatic ring is 1. The molecule has 2 aliphatic rings. The molecule has 114 valence electrons. The number of nitrogens with zero attached hydrogens (tertiary/aromatic N) is 1. The maximum absolute atomic E-state index is 12.8. The van der Waals surface area contributed by atoms with Crippen molar-refractivity contribution >= 4 is 11.6 Å². The molecule has 1 saturated carbocycles. The lowest BCUT2D eigenvalue weighted by Crippen LogP contribution is -2.45. The lowest BCUT2D eigenvalue weighted by atomic mass is 9.75. The zero-order valence-corrected chi connectivity index (χ0v) is 13.2. The highest BCUT2D eigenvalue weighted by Crippen LogP contribution is 2.36. The fourth-order valence-electron chi connectivity index (χ4n) is 4.06. The number of likely N-dealkylation sites (tertiary alicyclic amines) is 1. The summed E-state index contributed by atoms with van der Waals surface area (Å²) in [6.07, 6.45) is 6.55. The Hall–Kier alpha value is -1.51. The summed E-state index contributed by atoms with van der Waals surface area (Å²) in [6.45, 7) is 5.85. The first-order valence-electron chi connectivity index (χ1n) is 8.22. The summed E-state index contributed by atoms with van der Waals surface area (Å²) in [5.74, 6) is 1.75. The molecule has 1 aliphatic carbocycles. The molecule has 1 aromatic carbocycles. The van der Waals surface area contributed by atoms with Crippen molar-refractivity contribution in [1.82, 2.24) is 4.90 Å². The van der Waals surface area contributed by atoms with Gasteiger partial charge in [-0.25, -0.2) is 0 Å². The minimum absolute atomic E-state index is 0.170. The van der Waals surface area contributed by atoms with E-state index in [4.69, 9.17) is 5.73 Å². The average molecular weight is 286 g/mol. The van der Waals surface area contributed by atoms with Gasteiger partial charge in [0.15, 0.2) is 0 Å². The zero-order chi connectivity index (χ0) is 15.0. The third kappa shape index (κ3) is 2.78. The van der Waals surface area contributed by atoms with Crippen LogP contribution in [-0.4, -0.2) is 23.9 Å². The molecular formula is C18H26N2O. The quantitative estimate of drug-likeness (QED) is 0.803. The van der Waals surface area contributed by atoms with Gasteiger partial charge in [-0.05, 0) is 55.7 Å². The Bertz CT molecular complexity index is 552. The smallest absolute Gasteiger partial charge is 0.254 e. The molecule has 21 heavy (non-hydrogen) atoms. The maximum Gasteiger partial charge on any atom is 0.254 e. The summed E-state index contributed by atoms with van der Waals surface area (Å²) in [7, 11) is 0. The molecule has 2 unspecified atom stereocenters. The van der Waals surface area contributed by atoms with Gasteiger partial charge < -0.3 is 10.6 Å². The molecule has 3 heteroatoms. The molecule has 3 rings (SSSR count). The van der Waals surface area contributed by atoms with Crippen LogP contribution in [0.3, 0.4) is 0 Å². The molecule has 2 N–H and O–H groups in total. The van der Waals surface area contributed by atoms with E-state index in [2.05, 4.69) is 4.90 Å². The summed E-state index contributed by atoms with van der Waals surface area (Å²) in [4.78, 5) is 14.9. The number of carbonyl (C=O) groups is 1. The van der Waals surface area contributed by atoms with Gasteiger partial charge in [-0.1, -0.05) is 25.3 Å². The van der Waals surface area contributed by atoms with Crippen molar-refractivity contribution in [3.8, 4) is 0 Å². The Morgan fingerprint density at radius 2 is 1.81 bits per heavy atom. The topological polar surface area (TPSA) is 46.3 Å². The van der Waals surface area contributed by atoms with E-state index in [-0.39, 0.29) is 5.91 Å². The van der Waals surface area contributed by atoms with Crippen molar-refractivity contribution in [3.05, 3.63) is 28.8 Å². The average Bonchev–Trinajstić information content (AvgIpc) is 2.50. The molecule has 1 amide bonds. The number of rotatable bonds is 1. The summed E-state index contributed by atoms with van der Waals surface area (Å²) in [5, 5.41) is 0. The number of amides is 1. The van der Waals surface area contributed by atoms with E-state index >= 15 is 0 Å². The van der Waals surface area contributed by atoms with Gasteiger partial charge in [-0.15, -0.1) is 0 Å². The normalized spacial score (nSPS) is 25.5. The number of hydrogen-bond acceptors (Lipinski definition) is 2. The third-order valence-electron chi connectivity index (χ3n) is 5.42. The largest absolute Gasteiger partial charge is 0.398 e. The summed E-state index contributed by atoms with van der Waals surface area (Å²) in [6, 6.07) is 3.88. The molecule has 2 atom stereocenters. The highest BCUT2D eigenvalue weighted by molar-refractivity contribution is 5.96. The van der Waals surface area contributed by atoms with Gasteiger partial charge in [-0.3, -0.25) is 4.79 Å². The van der Waals surface area contributed by atoms with Crippen LogP contribution in [0.15, 0.2) is 12.1 Å². The minimum Gasteiger partial charge on any atom is -0.398 e. The SMILES string of the molecule is Cc1cc(C)c(C(=O)N2CCC3CCCCC3C2)cc1N. The number of anilines is 1. The minimum atomic E-state index is 0.170. The molecule has 1 aromatic rings. The van der Waals surface area contributed by atoms with Gasteiger partial charge >= 0.3 is 0 Å². The summed E-state index contributed by atoms with van der Waals surface area (Å²) < 4.78 is 0. The van der Waals surface area contributed by atoms with Crippen LogP contribution in [0, 0.1) is 25.7 Å². The predicted molar refractivity (Wildman–Crippen MR) is 86.3 cm³/mol. The first kappa shape index (κ1) is 14.4. The van der Waals surface area contributed by atoms with Crippen molar-refractivity contribution in [2.45, 2.75) is 46.0 Å². The molecule has 1 aliphatic heterocycles. The molecular weight excluding hydrogens is 260 g/mol. The van der Waals surface area contributed by atoms with Gasteiger partial charge in [0.05, 0.1) is 0 Å². The van der Waals surface area contributed by atoms with Gasteiger partial charge in [0.25, 0.3) is 5.91 Å². The van der Waals surface area contributed by atoms with Gasteiger partial charge in [-0.2, -0.15) is 0 Å². The van der Waals surface area contributed by atoms with Gasteiger partial charge in [0.2, 0.25) is 0 Å². The number of carbonyl (C=O) groups excluding carboxylic acids is 1. The van der Waals surface area contributed by atoms with Crippen molar-refractivity contribution in [3.63, 3.8) is 0 Å². The summed E-state index contributed by atoms with van der Waals surface area (Å²) >= 11 is 0. The molecule has 2 fully saturated rings. The highest BCUT2D eigenvalue weighted by Gasteiger charge is 2.33. The molecule has 1 saturated heterocycles. The third-order valence-corrected chi connectivity index (χ3v) is 5.42. The second-order valence-corrected chi connectivity index (χ2v) is 6.87. The number of benzene rings is 1. The highest BCUT2D eigenvalue weighted by atomic mass is 16.2. The monoisotopic (exact) mass is 286 g/mol. The van der Waals surface area contributed by atoms with Crippen LogP contribution >= 0.6 is 0 Å². The molecule has 0 bridgehead atoms. The molecule has 0 spiro atoms. The second-order valence-electron chi connectivity index (χ2n) is 6.87. The lowest BCUT2D eigenvalue weighted by Gasteiger charge is -2.41. The van der Waals surface area contributed by atoms with E-state index in [0.29, 0.717) is 0 Å². The number of hydrogen-bond donors (Lipinski definition) is 1. The van der Waals surface area contributed by atoms with Crippen LogP contribution in [-0.2, 0) is 0 Å². The van der Waals surface area contributed by atoms with Crippen LogP contribution < -0.4 is 5.73 Å². The molecule has 1 heterocycles. The van der Waals surface area contributed by atoms with E-state index in [1.54, 1.807) is 0 Å². The van der Waals surface area contributed by atoms with Gasteiger partial charge in [0.1, 0.15) is 0 Å². The van der Waals surface area contributed by atoms with Crippen LogP contribution in [0.4, 0.5) is 5.69 Å². The first-order valence-corrected chi connectivity index (χ1v) is 8.22. The van der Waals surface area contributed by atoms with E-state index < -0.39 is 0 Å². The number of nitrogens with two attached hydrogens (primary N) is 1. The van der Waals surface area contributed by atoms with Crippen molar-refractivity contribution in [2.75, 3.05) is 18.8 Å². The molecule has 0 radical (unpaired) electrons. The van der Waals surface area contributed by atoms with Crippen molar-refractivity contribution in [1.29, 1.82) is 0 Å². The standard InChI is InChI=1S/C18H26N2O/c1-12-9-13(2)17(19)10-16(12)18(21)20-8-7-14-5-3-4-6-15(14)11-20/h9-10,14-15H,3-8,11,19H2,1-2H3. The van der Waals surface area contributed by atoms with E-state index in [1.165, 1.54) is 32.1 Å². The van der Waals surface area contributed by atoms with Crippen LogP contribution in [0.1, 0.15) is 53.6 Å². The lowest BCUT2D eigenvalue weighted by molar-refractivity contribution is 0.0520. The summed E-state index contributed by atoms with van der Waals surface area (Å²) in [5.41, 5.74) is 9.59. The Balaban J connectivity index is 1.78. The van der Waals surface area contributed by atoms with E-state index in [1.807, 2.05) is 26.0 Å². The Morgan fingerprint density at radius 3 is 2.57 bits per heavy atom. The maximum atomic E-state index is 12.8. The predicted octanol–water partition coefficient (Wildman–Crippen LogP) is 3.54. The van der Waals surface area contributed by atoms with Crippen molar-refractivity contribution in [2.24, 2.45) is 11.8 Å². The van der Waals surface area contributed by atoms with E-state index in [0.717, 1.165) is 47.3 Å². The number of fused-ring (bicyclic) bond motifs is 1. The van der Waals surface area contributed by atoms with Crippen molar-refractivity contribution < 1.29 is 4.79 Å². The Morgan fingerprint density at radius 1 is 1.10 bits per heavy atom. The fourth-order valence-corrected chi connectivity index (χ4v) is 4.06. The first-order chi connectivity index (χ1) is 10.1. The molecule has 3 nitrogen and oxygen atoms in total. The van der Waals surface area contributed by atoms with Crippen LogP contribution in [0.5, 0.6) is 0 Å².